The minimum atomic E-state index is -1.02. The van der Waals surface area contributed by atoms with Crippen molar-refractivity contribution in [3.05, 3.63) is 29.8 Å². The summed E-state index contributed by atoms with van der Waals surface area (Å²) in [6.45, 7) is 5.26. The smallest absolute Gasteiger partial charge is 0.306 e. The van der Waals surface area contributed by atoms with Gasteiger partial charge < -0.3 is 24.6 Å². The predicted octanol–water partition coefficient (Wildman–Crippen LogP) is 2.45. The maximum atomic E-state index is 11.8. The van der Waals surface area contributed by atoms with Crippen LogP contribution in [0.5, 0.6) is 5.75 Å². The summed E-state index contributed by atoms with van der Waals surface area (Å²) in [4.78, 5) is 22.3. The van der Waals surface area contributed by atoms with Crippen LogP contribution < -0.4 is 10.1 Å². The highest BCUT2D eigenvalue weighted by molar-refractivity contribution is 5.85. The molecular formula is C19H30ClNO6. The molecule has 2 N–H and O–H groups in total. The van der Waals surface area contributed by atoms with Crippen LogP contribution in [0.3, 0.4) is 0 Å². The van der Waals surface area contributed by atoms with Gasteiger partial charge in [0.15, 0.2) is 0 Å². The lowest BCUT2D eigenvalue weighted by Gasteiger charge is -2.20. The van der Waals surface area contributed by atoms with E-state index in [2.05, 4.69) is 5.32 Å². The normalized spacial score (nSPS) is 11.6. The summed E-state index contributed by atoms with van der Waals surface area (Å²) in [5.74, 6) is -0.882. The summed E-state index contributed by atoms with van der Waals surface area (Å²) in [7, 11) is 1.67. The van der Waals surface area contributed by atoms with Gasteiger partial charge >= 0.3 is 11.9 Å². The van der Waals surface area contributed by atoms with E-state index < -0.39 is 18.0 Å². The Bertz CT molecular complexity index is 550. The molecule has 0 bridgehead atoms. The average molecular weight is 404 g/mol. The number of carboxylic acid groups (broad SMARTS) is 1. The average Bonchev–Trinajstić information content (AvgIpc) is 2.61. The van der Waals surface area contributed by atoms with E-state index in [0.29, 0.717) is 18.9 Å². The summed E-state index contributed by atoms with van der Waals surface area (Å²) < 4.78 is 16.1. The molecule has 1 atom stereocenters. The Balaban J connectivity index is 0.00000676. The van der Waals surface area contributed by atoms with Gasteiger partial charge in [0.25, 0.3) is 0 Å². The zero-order valence-electron chi connectivity index (χ0n) is 16.1. The molecule has 0 heterocycles. The first-order valence-corrected chi connectivity index (χ1v) is 8.76. The molecule has 0 aliphatic heterocycles. The second-order valence-electron chi connectivity index (χ2n) is 6.27. The molecule has 1 aromatic carbocycles. The van der Waals surface area contributed by atoms with Crippen molar-refractivity contribution in [3.8, 4) is 5.75 Å². The molecule has 0 aliphatic carbocycles. The topological polar surface area (TPSA) is 94.1 Å². The van der Waals surface area contributed by atoms with Crippen LogP contribution in [0.4, 0.5) is 0 Å². The molecule has 8 heteroatoms. The van der Waals surface area contributed by atoms with E-state index in [-0.39, 0.29) is 37.9 Å². The van der Waals surface area contributed by atoms with Crippen molar-refractivity contribution in [1.82, 2.24) is 5.32 Å². The van der Waals surface area contributed by atoms with E-state index in [9.17, 15) is 9.59 Å². The van der Waals surface area contributed by atoms with Crippen molar-refractivity contribution in [2.45, 2.75) is 45.3 Å². The number of hydrogen-bond acceptors (Lipinski definition) is 6. The molecule has 1 aromatic rings. The maximum Gasteiger partial charge on any atom is 0.306 e. The third-order valence-corrected chi connectivity index (χ3v) is 3.55. The summed E-state index contributed by atoms with van der Waals surface area (Å²) in [5.41, 5.74) is 1.15. The van der Waals surface area contributed by atoms with Crippen LogP contribution in [0.2, 0.25) is 0 Å². The van der Waals surface area contributed by atoms with E-state index in [1.807, 2.05) is 38.1 Å². The fourth-order valence-corrected chi connectivity index (χ4v) is 2.12. The van der Waals surface area contributed by atoms with E-state index >= 15 is 0 Å². The van der Waals surface area contributed by atoms with Gasteiger partial charge in [-0.2, -0.15) is 0 Å². The number of nitrogens with one attached hydrogen (secondary N) is 1. The standard InChI is InChI=1S/C19H29NO6.ClH/c1-14(2)20-12-17(26-19(23)9-8-18(21)22)13-25-16-6-4-15(5-7-16)10-11-24-3;/h4-7,14,17,20H,8-13H2,1-3H3,(H,21,22);1H. The van der Waals surface area contributed by atoms with Crippen LogP contribution >= 0.6 is 12.4 Å². The van der Waals surface area contributed by atoms with Gasteiger partial charge in [0.1, 0.15) is 18.5 Å². The summed E-state index contributed by atoms with van der Waals surface area (Å²) in [6, 6.07) is 7.90. The summed E-state index contributed by atoms with van der Waals surface area (Å²) >= 11 is 0. The molecule has 7 nitrogen and oxygen atoms in total. The monoisotopic (exact) mass is 403 g/mol. The number of halogens is 1. The van der Waals surface area contributed by atoms with Gasteiger partial charge in [-0.05, 0) is 24.1 Å². The van der Waals surface area contributed by atoms with Gasteiger partial charge in [-0.15, -0.1) is 12.4 Å². The van der Waals surface area contributed by atoms with E-state index in [4.69, 9.17) is 19.3 Å². The maximum absolute atomic E-state index is 11.8. The van der Waals surface area contributed by atoms with Crippen molar-refractivity contribution in [3.63, 3.8) is 0 Å². The first-order chi connectivity index (χ1) is 12.4. The Morgan fingerprint density at radius 2 is 1.81 bits per heavy atom. The highest BCUT2D eigenvalue weighted by Gasteiger charge is 2.17. The van der Waals surface area contributed by atoms with Crippen LogP contribution in [-0.4, -0.2) is 56.1 Å². The molecule has 0 aromatic heterocycles. The van der Waals surface area contributed by atoms with Crippen molar-refractivity contribution in [1.29, 1.82) is 0 Å². The SMILES string of the molecule is COCCc1ccc(OCC(CNC(C)C)OC(=O)CCC(=O)O)cc1.Cl. The van der Waals surface area contributed by atoms with Crippen LogP contribution in [0.15, 0.2) is 24.3 Å². The molecule has 0 radical (unpaired) electrons. The molecule has 0 aliphatic rings. The Hall–Kier alpha value is -1.83. The lowest BCUT2D eigenvalue weighted by atomic mass is 10.1. The highest BCUT2D eigenvalue weighted by atomic mass is 35.5. The molecule has 1 unspecified atom stereocenters. The molecule has 27 heavy (non-hydrogen) atoms. The van der Waals surface area contributed by atoms with Gasteiger partial charge in [0, 0.05) is 19.7 Å². The van der Waals surface area contributed by atoms with Gasteiger partial charge in [0.2, 0.25) is 0 Å². The molecule has 0 saturated carbocycles. The number of ether oxygens (including phenoxy) is 3. The summed E-state index contributed by atoms with van der Waals surface area (Å²) in [6.07, 6.45) is -0.0556. The third-order valence-electron chi connectivity index (χ3n) is 3.55. The number of esters is 1. The van der Waals surface area contributed by atoms with Gasteiger partial charge in [-0.3, -0.25) is 9.59 Å². The largest absolute Gasteiger partial charge is 0.490 e. The lowest BCUT2D eigenvalue weighted by molar-refractivity contribution is -0.153. The number of benzene rings is 1. The Morgan fingerprint density at radius 3 is 2.37 bits per heavy atom. The van der Waals surface area contributed by atoms with Crippen LogP contribution in [0.1, 0.15) is 32.3 Å². The zero-order valence-corrected chi connectivity index (χ0v) is 16.9. The van der Waals surface area contributed by atoms with Crippen LogP contribution in [0, 0.1) is 0 Å². The van der Waals surface area contributed by atoms with Crippen molar-refractivity contribution < 1.29 is 28.9 Å². The molecule has 154 valence electrons. The van der Waals surface area contributed by atoms with Gasteiger partial charge in [0.05, 0.1) is 19.4 Å². The van der Waals surface area contributed by atoms with Gasteiger partial charge in [-0.25, -0.2) is 0 Å². The lowest BCUT2D eigenvalue weighted by Crippen LogP contribution is -2.38. The van der Waals surface area contributed by atoms with E-state index in [1.54, 1.807) is 7.11 Å². The predicted molar refractivity (Wildman–Crippen MR) is 105 cm³/mol. The molecular weight excluding hydrogens is 374 g/mol. The second kappa shape index (κ2) is 14.3. The number of aliphatic carboxylic acids is 1. The number of carbonyl (C=O) groups is 2. The number of hydrogen-bond donors (Lipinski definition) is 2. The Labute approximate surface area is 166 Å². The number of rotatable bonds is 13. The van der Waals surface area contributed by atoms with E-state index in [0.717, 1.165) is 12.0 Å². The fourth-order valence-electron chi connectivity index (χ4n) is 2.12. The van der Waals surface area contributed by atoms with E-state index in [1.165, 1.54) is 0 Å². The minimum absolute atomic E-state index is 0. The molecule has 0 spiro atoms. The number of carbonyl (C=O) groups excluding carboxylic acids is 1. The molecule has 1 rings (SSSR count). The Kier molecular flexibility index (Phi) is 13.3. The number of methoxy groups -OCH3 is 1. The third kappa shape index (κ3) is 12.2. The molecule has 0 saturated heterocycles. The summed E-state index contributed by atoms with van der Waals surface area (Å²) in [5, 5.41) is 11.8. The fraction of sp³-hybridized carbons (Fsp3) is 0.579. The number of carboxylic acids is 1. The first-order valence-electron chi connectivity index (χ1n) is 8.76. The van der Waals surface area contributed by atoms with Crippen LogP contribution in [0.25, 0.3) is 0 Å². The van der Waals surface area contributed by atoms with Crippen LogP contribution in [-0.2, 0) is 25.5 Å². The van der Waals surface area contributed by atoms with Gasteiger partial charge in [-0.1, -0.05) is 26.0 Å². The zero-order chi connectivity index (χ0) is 19.4. The van der Waals surface area contributed by atoms with Crippen molar-refractivity contribution >= 4 is 24.3 Å². The van der Waals surface area contributed by atoms with Crippen molar-refractivity contribution in [2.24, 2.45) is 0 Å². The highest BCUT2D eigenvalue weighted by Crippen LogP contribution is 2.13. The van der Waals surface area contributed by atoms with Crippen molar-refractivity contribution in [2.75, 3.05) is 26.9 Å². The first kappa shape index (κ1) is 25.2. The Morgan fingerprint density at radius 1 is 1.15 bits per heavy atom. The quantitative estimate of drug-likeness (QED) is 0.488. The minimum Gasteiger partial charge on any atom is -0.490 e. The second-order valence-corrected chi connectivity index (χ2v) is 6.27. The molecule has 0 fully saturated rings. The molecule has 0 amide bonds.